The third kappa shape index (κ3) is 2.77. The first-order chi connectivity index (χ1) is 8.65. The zero-order valence-electron chi connectivity index (χ0n) is 10.2. The van der Waals surface area contributed by atoms with Crippen molar-refractivity contribution < 1.29 is 19.4 Å². The third-order valence-electron chi connectivity index (χ3n) is 3.10. The van der Waals surface area contributed by atoms with Crippen molar-refractivity contribution in [2.75, 3.05) is 32.2 Å². The lowest BCUT2D eigenvalue weighted by Gasteiger charge is -2.26. The van der Waals surface area contributed by atoms with Crippen molar-refractivity contribution in [3.05, 3.63) is 24.0 Å². The van der Waals surface area contributed by atoms with E-state index in [0.29, 0.717) is 19.8 Å². The van der Waals surface area contributed by atoms with Gasteiger partial charge >= 0.3 is 5.97 Å². The van der Waals surface area contributed by atoms with Gasteiger partial charge in [-0.25, -0.2) is 9.78 Å². The van der Waals surface area contributed by atoms with E-state index in [1.807, 2.05) is 0 Å². The van der Waals surface area contributed by atoms with Crippen LogP contribution in [-0.2, 0) is 9.47 Å². The lowest BCUT2D eigenvalue weighted by molar-refractivity contribution is -0.00620. The van der Waals surface area contributed by atoms with Crippen molar-refractivity contribution in [1.82, 2.24) is 4.98 Å². The van der Waals surface area contributed by atoms with Crippen LogP contribution in [0, 0.1) is 0 Å². The summed E-state index contributed by atoms with van der Waals surface area (Å²) in [5.41, 5.74) is 0.500. The van der Waals surface area contributed by atoms with E-state index in [0.717, 1.165) is 12.1 Å². The van der Waals surface area contributed by atoms with Crippen LogP contribution < -0.4 is 5.32 Å². The zero-order valence-corrected chi connectivity index (χ0v) is 10.2. The summed E-state index contributed by atoms with van der Waals surface area (Å²) in [6.07, 6.45) is 2.35. The first-order valence-corrected chi connectivity index (χ1v) is 5.71. The Morgan fingerprint density at radius 1 is 1.67 bits per heavy atom. The number of nitrogens with zero attached hydrogens (tertiary/aromatic N) is 1. The maximum atomic E-state index is 10.7. The SMILES string of the molecule is COC1(CNc2ccc(C(=O)O)nc2)CCOC1. The van der Waals surface area contributed by atoms with Crippen LogP contribution in [0.25, 0.3) is 0 Å². The van der Waals surface area contributed by atoms with Gasteiger partial charge in [-0.05, 0) is 12.1 Å². The largest absolute Gasteiger partial charge is 0.477 e. The lowest BCUT2D eigenvalue weighted by atomic mass is 10.0. The summed E-state index contributed by atoms with van der Waals surface area (Å²) < 4.78 is 10.8. The molecule has 0 radical (unpaired) electrons. The topological polar surface area (TPSA) is 80.7 Å². The number of carbonyl (C=O) groups is 1. The Bertz CT molecular complexity index is 413. The summed E-state index contributed by atoms with van der Waals surface area (Å²) in [5.74, 6) is -1.03. The van der Waals surface area contributed by atoms with Crippen LogP contribution in [0.5, 0.6) is 0 Å². The fourth-order valence-electron chi connectivity index (χ4n) is 1.85. The van der Waals surface area contributed by atoms with Crippen LogP contribution in [0.1, 0.15) is 16.9 Å². The van der Waals surface area contributed by atoms with Crippen LogP contribution in [0.3, 0.4) is 0 Å². The van der Waals surface area contributed by atoms with Crippen molar-refractivity contribution in [3.8, 4) is 0 Å². The molecule has 0 amide bonds. The van der Waals surface area contributed by atoms with Gasteiger partial charge in [0.2, 0.25) is 0 Å². The third-order valence-corrected chi connectivity index (χ3v) is 3.10. The highest BCUT2D eigenvalue weighted by Gasteiger charge is 2.34. The first-order valence-electron chi connectivity index (χ1n) is 5.71. The van der Waals surface area contributed by atoms with Crippen LogP contribution in [0.4, 0.5) is 5.69 Å². The molecule has 0 bridgehead atoms. The van der Waals surface area contributed by atoms with Crippen molar-refractivity contribution in [2.45, 2.75) is 12.0 Å². The lowest BCUT2D eigenvalue weighted by Crippen LogP contribution is -2.39. The summed E-state index contributed by atoms with van der Waals surface area (Å²) in [4.78, 5) is 14.5. The fraction of sp³-hybridized carbons (Fsp3) is 0.500. The predicted molar refractivity (Wildman–Crippen MR) is 64.9 cm³/mol. The van der Waals surface area contributed by atoms with Crippen molar-refractivity contribution in [3.63, 3.8) is 0 Å². The van der Waals surface area contributed by atoms with Crippen molar-refractivity contribution in [2.24, 2.45) is 0 Å². The molecule has 18 heavy (non-hydrogen) atoms. The second kappa shape index (κ2) is 5.32. The Hall–Kier alpha value is -1.66. The van der Waals surface area contributed by atoms with Gasteiger partial charge in [-0.3, -0.25) is 0 Å². The molecule has 0 saturated carbocycles. The molecule has 0 aliphatic carbocycles. The number of ether oxygens (including phenoxy) is 2. The fourth-order valence-corrected chi connectivity index (χ4v) is 1.85. The summed E-state index contributed by atoms with van der Waals surface area (Å²) in [5, 5.41) is 11.9. The first kappa shape index (κ1) is 12.8. The number of pyridine rings is 1. The number of nitrogens with one attached hydrogen (secondary N) is 1. The minimum Gasteiger partial charge on any atom is -0.477 e. The number of carboxylic acid groups (broad SMARTS) is 1. The molecule has 6 heteroatoms. The molecule has 0 spiro atoms. The Kier molecular flexibility index (Phi) is 3.78. The number of carboxylic acids is 1. The van der Waals surface area contributed by atoms with Gasteiger partial charge in [-0.15, -0.1) is 0 Å². The molecule has 1 fully saturated rings. The average Bonchev–Trinajstić information content (AvgIpc) is 2.86. The number of aromatic carboxylic acids is 1. The molecule has 2 rings (SSSR count). The molecule has 1 aromatic rings. The zero-order chi connectivity index (χ0) is 13.0. The monoisotopic (exact) mass is 252 g/mol. The summed E-state index contributed by atoms with van der Waals surface area (Å²) in [7, 11) is 1.67. The molecular formula is C12H16N2O4. The van der Waals surface area contributed by atoms with E-state index in [4.69, 9.17) is 14.6 Å². The molecule has 1 aliphatic rings. The minimum absolute atomic E-state index is 0.0335. The Morgan fingerprint density at radius 2 is 2.50 bits per heavy atom. The Balaban J connectivity index is 1.95. The van der Waals surface area contributed by atoms with Crippen LogP contribution in [0.15, 0.2) is 18.3 Å². The van der Waals surface area contributed by atoms with Crippen molar-refractivity contribution in [1.29, 1.82) is 0 Å². The highest BCUT2D eigenvalue weighted by molar-refractivity contribution is 5.85. The normalized spacial score (nSPS) is 22.9. The van der Waals surface area contributed by atoms with Crippen LogP contribution in [0.2, 0.25) is 0 Å². The molecule has 1 unspecified atom stereocenters. The quantitative estimate of drug-likeness (QED) is 0.813. The number of methoxy groups -OCH3 is 1. The molecule has 1 aromatic heterocycles. The van der Waals surface area contributed by atoms with E-state index in [2.05, 4.69) is 10.3 Å². The molecule has 2 heterocycles. The summed E-state index contributed by atoms with van der Waals surface area (Å²) in [6.45, 7) is 1.88. The van der Waals surface area contributed by atoms with E-state index in [-0.39, 0.29) is 11.3 Å². The standard InChI is InChI=1S/C12H16N2O4/c1-17-12(4-5-18-8-12)7-14-9-2-3-10(11(15)16)13-6-9/h2-3,6,14H,4-5,7-8H2,1H3,(H,15,16). The molecule has 1 atom stereocenters. The molecule has 98 valence electrons. The van der Waals surface area contributed by atoms with Crippen LogP contribution in [-0.4, -0.2) is 48.5 Å². The van der Waals surface area contributed by atoms with E-state index < -0.39 is 5.97 Å². The van der Waals surface area contributed by atoms with Gasteiger partial charge in [0.1, 0.15) is 11.3 Å². The van der Waals surface area contributed by atoms with Gasteiger partial charge in [-0.1, -0.05) is 0 Å². The molecule has 0 aromatic carbocycles. The summed E-state index contributed by atoms with van der Waals surface area (Å²) >= 11 is 0. The smallest absolute Gasteiger partial charge is 0.354 e. The number of hydrogen-bond donors (Lipinski definition) is 2. The van der Waals surface area contributed by atoms with E-state index >= 15 is 0 Å². The number of hydrogen-bond acceptors (Lipinski definition) is 5. The van der Waals surface area contributed by atoms with Gasteiger partial charge in [0, 0.05) is 26.7 Å². The molecule has 2 N–H and O–H groups in total. The van der Waals surface area contributed by atoms with Gasteiger partial charge in [-0.2, -0.15) is 0 Å². The highest BCUT2D eigenvalue weighted by Crippen LogP contribution is 2.23. The van der Waals surface area contributed by atoms with Gasteiger partial charge in [0.25, 0.3) is 0 Å². The van der Waals surface area contributed by atoms with E-state index in [1.54, 1.807) is 13.2 Å². The van der Waals surface area contributed by atoms with Crippen LogP contribution >= 0.6 is 0 Å². The number of rotatable bonds is 5. The van der Waals surface area contributed by atoms with Gasteiger partial charge in [0.15, 0.2) is 0 Å². The Labute approximate surface area is 105 Å². The second-order valence-corrected chi connectivity index (χ2v) is 4.28. The molecule has 1 saturated heterocycles. The summed E-state index contributed by atoms with van der Waals surface area (Å²) in [6, 6.07) is 3.16. The maximum absolute atomic E-state index is 10.7. The predicted octanol–water partition coefficient (Wildman–Crippen LogP) is 0.997. The highest BCUT2D eigenvalue weighted by atomic mass is 16.5. The maximum Gasteiger partial charge on any atom is 0.354 e. The minimum atomic E-state index is -1.03. The van der Waals surface area contributed by atoms with Gasteiger partial charge < -0.3 is 19.9 Å². The second-order valence-electron chi connectivity index (χ2n) is 4.28. The Morgan fingerprint density at radius 3 is 3.00 bits per heavy atom. The molecular weight excluding hydrogens is 236 g/mol. The molecule has 6 nitrogen and oxygen atoms in total. The van der Waals surface area contributed by atoms with E-state index in [1.165, 1.54) is 12.3 Å². The molecule has 1 aliphatic heterocycles. The number of anilines is 1. The van der Waals surface area contributed by atoms with Crippen molar-refractivity contribution >= 4 is 11.7 Å². The van der Waals surface area contributed by atoms with Gasteiger partial charge in [0.05, 0.1) is 18.5 Å². The average molecular weight is 252 g/mol. The number of aromatic nitrogens is 1. The van der Waals surface area contributed by atoms with E-state index in [9.17, 15) is 4.79 Å².